The first-order valence-electron chi connectivity index (χ1n) is 8.67. The van der Waals surface area contributed by atoms with Crippen LogP contribution < -0.4 is 5.32 Å². The van der Waals surface area contributed by atoms with Crippen LogP contribution in [0.4, 0.5) is 10.1 Å². The lowest BCUT2D eigenvalue weighted by atomic mass is 10.1. The van der Waals surface area contributed by atoms with Crippen LogP contribution in [-0.2, 0) is 14.3 Å². The third kappa shape index (κ3) is 6.80. The van der Waals surface area contributed by atoms with Crippen molar-refractivity contribution in [2.75, 3.05) is 5.32 Å². The third-order valence-corrected chi connectivity index (χ3v) is 5.48. The van der Waals surface area contributed by atoms with Gasteiger partial charge in [0.15, 0.2) is 0 Å². The van der Waals surface area contributed by atoms with Gasteiger partial charge in [-0.15, -0.1) is 11.8 Å². The zero-order valence-corrected chi connectivity index (χ0v) is 17.7. The maximum absolute atomic E-state index is 14.2. The number of nitrogens with one attached hydrogen (secondary N) is 1. The summed E-state index contributed by atoms with van der Waals surface area (Å²) in [5.74, 6) is -1.45. The maximum atomic E-state index is 14.2. The summed E-state index contributed by atoms with van der Waals surface area (Å²) in [4.78, 5) is 24.9. The van der Waals surface area contributed by atoms with Crippen molar-refractivity contribution in [2.45, 2.75) is 70.1 Å². The summed E-state index contributed by atoms with van der Waals surface area (Å²) in [6.45, 7) is 10.9. The molecule has 0 aliphatic carbocycles. The van der Waals surface area contributed by atoms with E-state index < -0.39 is 16.7 Å². The van der Waals surface area contributed by atoms with Gasteiger partial charge >= 0.3 is 5.97 Å². The topological polar surface area (TPSA) is 55.4 Å². The van der Waals surface area contributed by atoms with Gasteiger partial charge in [0, 0.05) is 10.8 Å². The number of hydrogen-bond acceptors (Lipinski definition) is 4. The van der Waals surface area contributed by atoms with E-state index >= 15 is 0 Å². The first kappa shape index (κ1) is 22.8. The first-order chi connectivity index (χ1) is 12.0. The molecule has 1 rings (SSSR count). The highest BCUT2D eigenvalue weighted by molar-refractivity contribution is 8.00. The van der Waals surface area contributed by atoms with Gasteiger partial charge in [-0.2, -0.15) is 0 Å². The Balaban J connectivity index is 3.03. The number of ether oxygens (including phenoxy) is 1. The highest BCUT2D eigenvalue weighted by atomic mass is 35.5. The van der Waals surface area contributed by atoms with Gasteiger partial charge in [0.05, 0.1) is 10.7 Å². The molecule has 0 heterocycles. The smallest absolute Gasteiger partial charge is 0.319 e. The number of carbonyl (C=O) groups excluding carboxylic acids is 2. The van der Waals surface area contributed by atoms with Crippen LogP contribution >= 0.6 is 23.4 Å². The van der Waals surface area contributed by atoms with Crippen molar-refractivity contribution in [3.05, 3.63) is 23.0 Å². The van der Waals surface area contributed by atoms with Crippen molar-refractivity contribution in [3.63, 3.8) is 0 Å². The Labute approximate surface area is 164 Å². The van der Waals surface area contributed by atoms with Gasteiger partial charge < -0.3 is 10.1 Å². The molecule has 0 aliphatic rings. The fourth-order valence-electron chi connectivity index (χ4n) is 1.98. The number of rotatable bonds is 7. The molecule has 0 fully saturated rings. The molecule has 0 spiro atoms. The van der Waals surface area contributed by atoms with E-state index in [0.29, 0.717) is 17.7 Å². The molecule has 4 nitrogen and oxygen atoms in total. The Hall–Kier alpha value is -1.27. The van der Waals surface area contributed by atoms with E-state index in [1.54, 1.807) is 27.7 Å². The number of benzene rings is 1. The molecule has 0 saturated heterocycles. The molecule has 146 valence electrons. The zero-order valence-electron chi connectivity index (χ0n) is 16.1. The third-order valence-electron chi connectivity index (χ3n) is 3.65. The van der Waals surface area contributed by atoms with E-state index in [1.807, 2.05) is 13.8 Å². The van der Waals surface area contributed by atoms with E-state index in [0.717, 1.165) is 6.07 Å². The van der Waals surface area contributed by atoms with Crippen molar-refractivity contribution in [1.82, 2.24) is 0 Å². The molecule has 1 aromatic rings. The van der Waals surface area contributed by atoms with Gasteiger partial charge in [-0.1, -0.05) is 32.4 Å². The second-order valence-corrected chi connectivity index (χ2v) is 8.76. The van der Waals surface area contributed by atoms with Crippen molar-refractivity contribution in [2.24, 2.45) is 5.92 Å². The van der Waals surface area contributed by atoms with E-state index in [4.69, 9.17) is 16.3 Å². The number of thioether (sulfide) groups is 1. The van der Waals surface area contributed by atoms with Crippen LogP contribution in [0.3, 0.4) is 0 Å². The Morgan fingerprint density at radius 3 is 2.38 bits per heavy atom. The molecule has 2 atom stereocenters. The minimum atomic E-state index is -0.610. The molecule has 0 aromatic heterocycles. The number of halogens is 2. The minimum Gasteiger partial charge on any atom is -0.459 e. The number of carbonyl (C=O) groups is 2. The van der Waals surface area contributed by atoms with E-state index in [1.165, 1.54) is 17.8 Å². The van der Waals surface area contributed by atoms with Crippen LogP contribution in [0.5, 0.6) is 0 Å². The monoisotopic (exact) mass is 403 g/mol. The van der Waals surface area contributed by atoms with Crippen LogP contribution in [0.2, 0.25) is 5.02 Å². The summed E-state index contributed by atoms with van der Waals surface area (Å²) in [5.41, 5.74) is -0.533. The van der Waals surface area contributed by atoms with Crippen LogP contribution in [0.15, 0.2) is 17.0 Å². The standard InChI is InChI=1S/C19H27ClFNO3S/c1-7-11(3)17(23)22-14-10-16(12(20)9-13(14)21)26-15(8-2)18(24)25-19(4,5)6/h9-11,15H,7-8H2,1-6H3,(H,22,23). The van der Waals surface area contributed by atoms with Gasteiger partial charge in [-0.3, -0.25) is 9.59 Å². The summed E-state index contributed by atoms with van der Waals surface area (Å²) in [6, 6.07) is 2.62. The van der Waals surface area contributed by atoms with Gasteiger partial charge in [0.1, 0.15) is 16.7 Å². The lowest BCUT2D eigenvalue weighted by molar-refractivity contribution is -0.154. The lowest BCUT2D eigenvalue weighted by Gasteiger charge is -2.23. The predicted molar refractivity (Wildman–Crippen MR) is 105 cm³/mol. The highest BCUT2D eigenvalue weighted by Gasteiger charge is 2.26. The van der Waals surface area contributed by atoms with Crippen molar-refractivity contribution in [3.8, 4) is 0 Å². The summed E-state index contributed by atoms with van der Waals surface area (Å²) >= 11 is 7.34. The molecule has 0 radical (unpaired) electrons. The Bertz CT molecular complexity index is 661. The zero-order chi connectivity index (χ0) is 20.1. The molecule has 1 N–H and O–H groups in total. The highest BCUT2D eigenvalue weighted by Crippen LogP contribution is 2.36. The second-order valence-electron chi connectivity index (χ2n) is 7.11. The summed E-state index contributed by atoms with van der Waals surface area (Å²) in [7, 11) is 0. The Kier molecular flexibility index (Phi) is 8.41. The second kappa shape index (κ2) is 9.60. The average Bonchev–Trinajstić information content (AvgIpc) is 2.53. The van der Waals surface area contributed by atoms with Crippen LogP contribution in [0, 0.1) is 11.7 Å². The van der Waals surface area contributed by atoms with Gasteiger partial charge in [0.25, 0.3) is 0 Å². The van der Waals surface area contributed by atoms with Crippen molar-refractivity contribution in [1.29, 1.82) is 0 Å². The van der Waals surface area contributed by atoms with Crippen LogP contribution in [-0.4, -0.2) is 22.7 Å². The first-order valence-corrected chi connectivity index (χ1v) is 9.93. The Morgan fingerprint density at radius 2 is 1.88 bits per heavy atom. The largest absolute Gasteiger partial charge is 0.459 e. The van der Waals surface area contributed by atoms with Crippen LogP contribution in [0.1, 0.15) is 54.4 Å². The number of esters is 1. The molecule has 1 amide bonds. The van der Waals surface area contributed by atoms with E-state index in [2.05, 4.69) is 5.32 Å². The molecule has 1 aromatic carbocycles. The normalized spacial score (nSPS) is 13.8. The quantitative estimate of drug-likeness (QED) is 0.470. The summed E-state index contributed by atoms with van der Waals surface area (Å²) in [6.07, 6.45) is 1.18. The fourth-order valence-corrected chi connectivity index (χ4v) is 3.23. The van der Waals surface area contributed by atoms with Crippen molar-refractivity contribution < 1.29 is 18.7 Å². The predicted octanol–water partition coefficient (Wildman–Crippen LogP) is 5.68. The molecular weight excluding hydrogens is 377 g/mol. The van der Waals surface area contributed by atoms with Crippen LogP contribution in [0.25, 0.3) is 0 Å². The lowest BCUT2D eigenvalue weighted by Crippen LogP contribution is -2.30. The number of amides is 1. The molecule has 7 heteroatoms. The Morgan fingerprint density at radius 1 is 1.27 bits per heavy atom. The SMILES string of the molecule is CCC(C)C(=O)Nc1cc(SC(CC)C(=O)OC(C)(C)C)c(Cl)cc1F. The number of anilines is 1. The minimum absolute atomic E-state index is 0.0567. The van der Waals surface area contributed by atoms with E-state index in [-0.39, 0.29) is 28.5 Å². The molecule has 0 saturated carbocycles. The summed E-state index contributed by atoms with van der Waals surface area (Å²) in [5, 5.41) is 2.30. The van der Waals surface area contributed by atoms with Gasteiger partial charge in [-0.25, -0.2) is 4.39 Å². The molecule has 0 bridgehead atoms. The van der Waals surface area contributed by atoms with Crippen molar-refractivity contribution >= 4 is 40.9 Å². The van der Waals surface area contributed by atoms with E-state index in [9.17, 15) is 14.0 Å². The number of hydrogen-bond donors (Lipinski definition) is 1. The molecular formula is C19H27ClFNO3S. The fraction of sp³-hybridized carbons (Fsp3) is 0.579. The van der Waals surface area contributed by atoms with Gasteiger partial charge in [0.2, 0.25) is 5.91 Å². The molecule has 2 unspecified atom stereocenters. The molecule has 26 heavy (non-hydrogen) atoms. The van der Waals surface area contributed by atoms with Gasteiger partial charge in [-0.05, 0) is 45.7 Å². The average molecular weight is 404 g/mol. The maximum Gasteiger partial charge on any atom is 0.319 e. The molecule has 0 aliphatic heterocycles. The summed E-state index contributed by atoms with van der Waals surface area (Å²) < 4.78 is 19.6.